The Hall–Kier alpha value is -0.570. The first-order valence-electron chi connectivity index (χ1n) is 3.42. The summed E-state index contributed by atoms with van der Waals surface area (Å²) in [5.41, 5.74) is 2.06. The number of rotatable bonds is 1. The predicted molar refractivity (Wildman–Crippen MR) is 42.9 cm³/mol. The molecular weight excluding hydrogens is 248 g/mol. The Kier molecular flexibility index (Phi) is 4.24. The van der Waals surface area contributed by atoms with Crippen LogP contribution in [0, 0.1) is 13.8 Å². The van der Waals surface area contributed by atoms with E-state index in [0.717, 1.165) is 11.1 Å². The van der Waals surface area contributed by atoms with Gasteiger partial charge in [0.2, 0.25) is 0 Å². The van der Waals surface area contributed by atoms with E-state index < -0.39 is 5.97 Å². The van der Waals surface area contributed by atoms with E-state index in [1.807, 2.05) is 6.07 Å². The van der Waals surface area contributed by atoms with Crippen molar-refractivity contribution in [2.24, 2.45) is 0 Å². The van der Waals surface area contributed by atoms with Crippen molar-refractivity contribution in [2.45, 2.75) is 13.8 Å². The second-order valence-electron chi connectivity index (χ2n) is 2.57. The minimum atomic E-state index is -0.847. The minimum Gasteiger partial charge on any atom is -0.478 e. The van der Waals surface area contributed by atoms with E-state index in [-0.39, 0.29) is 22.4 Å². The van der Waals surface area contributed by atoms with Crippen LogP contribution in [0.2, 0.25) is 0 Å². The van der Waals surface area contributed by atoms with E-state index in [9.17, 15) is 4.79 Å². The third-order valence-electron chi connectivity index (χ3n) is 1.69. The largest absolute Gasteiger partial charge is 0.478 e. The summed E-state index contributed by atoms with van der Waals surface area (Å²) in [6, 6.07) is 5.46. The summed E-state index contributed by atoms with van der Waals surface area (Å²) in [5.74, 6) is -0.847. The van der Waals surface area contributed by atoms with Crippen LogP contribution in [0.1, 0.15) is 21.5 Å². The van der Waals surface area contributed by atoms with Gasteiger partial charge in [-0.3, -0.25) is 0 Å². The van der Waals surface area contributed by atoms with Crippen molar-refractivity contribution in [3.05, 3.63) is 34.9 Å². The number of aryl methyl sites for hydroxylation is 2. The molecule has 1 aromatic rings. The van der Waals surface area contributed by atoms with Gasteiger partial charge in [0.1, 0.15) is 0 Å². The summed E-state index contributed by atoms with van der Waals surface area (Å²) >= 11 is 0. The molecule has 0 bridgehead atoms. The quantitative estimate of drug-likeness (QED) is 0.782. The Morgan fingerprint density at radius 3 is 1.92 bits per heavy atom. The molecule has 0 saturated heterocycles. The molecule has 0 aliphatic carbocycles. The molecule has 0 aliphatic heterocycles. The van der Waals surface area contributed by atoms with Crippen LogP contribution >= 0.6 is 0 Å². The second kappa shape index (κ2) is 4.45. The smallest absolute Gasteiger partial charge is 0.336 e. The molecule has 0 amide bonds. The summed E-state index contributed by atoms with van der Waals surface area (Å²) < 4.78 is 0. The van der Waals surface area contributed by atoms with E-state index in [1.165, 1.54) is 0 Å². The summed E-state index contributed by atoms with van der Waals surface area (Å²) in [6.45, 7) is 3.60. The van der Waals surface area contributed by atoms with Gasteiger partial charge in [-0.15, -0.1) is 0 Å². The van der Waals surface area contributed by atoms with Crippen LogP contribution in [0.4, 0.5) is 0 Å². The Balaban J connectivity index is 0.00000121. The molecule has 0 atom stereocenters. The maximum atomic E-state index is 10.6. The fraction of sp³-hybridized carbons (Fsp3) is 0.222. The molecule has 2 nitrogen and oxygen atoms in total. The molecule has 1 radical (unpaired) electrons. The van der Waals surface area contributed by atoms with Crippen LogP contribution in [0.5, 0.6) is 0 Å². The number of aromatic carboxylic acids is 1. The molecule has 0 spiro atoms. The second-order valence-corrected chi connectivity index (χ2v) is 2.57. The fourth-order valence-electron chi connectivity index (χ4n) is 1.15. The van der Waals surface area contributed by atoms with Gasteiger partial charge >= 0.3 is 5.97 Å². The van der Waals surface area contributed by atoms with Gasteiger partial charge in [-0.1, -0.05) is 18.2 Å². The third-order valence-corrected chi connectivity index (χ3v) is 1.69. The van der Waals surface area contributed by atoms with Crippen molar-refractivity contribution in [3.8, 4) is 0 Å². The molecule has 3 heteroatoms. The maximum Gasteiger partial charge on any atom is 0.336 e. The van der Waals surface area contributed by atoms with Crippen LogP contribution < -0.4 is 0 Å². The van der Waals surface area contributed by atoms with Crippen molar-refractivity contribution in [3.63, 3.8) is 0 Å². The summed E-state index contributed by atoms with van der Waals surface area (Å²) in [5, 5.41) is 8.75. The van der Waals surface area contributed by atoms with Crippen LogP contribution in [0.3, 0.4) is 0 Å². The summed E-state index contributed by atoms with van der Waals surface area (Å²) in [4.78, 5) is 10.6. The number of benzene rings is 1. The van der Waals surface area contributed by atoms with E-state index >= 15 is 0 Å². The standard InChI is InChI=1S/C9H10O2.Ag/c1-6-4-3-5-7(2)8(6)9(10)11;/h3-5H,1-2H3,(H,10,11);. The van der Waals surface area contributed by atoms with E-state index in [1.54, 1.807) is 26.0 Å². The number of hydrogen-bond acceptors (Lipinski definition) is 1. The number of carbonyl (C=O) groups is 1. The number of hydrogen-bond donors (Lipinski definition) is 1. The van der Waals surface area contributed by atoms with Gasteiger partial charge in [0, 0.05) is 22.4 Å². The molecule has 0 saturated carbocycles. The summed E-state index contributed by atoms with van der Waals surface area (Å²) in [6.07, 6.45) is 0. The van der Waals surface area contributed by atoms with Gasteiger partial charge < -0.3 is 5.11 Å². The van der Waals surface area contributed by atoms with Gasteiger partial charge in [-0.25, -0.2) is 4.79 Å². The zero-order chi connectivity index (χ0) is 8.43. The van der Waals surface area contributed by atoms with Gasteiger partial charge in [0.25, 0.3) is 0 Å². The van der Waals surface area contributed by atoms with Crippen molar-refractivity contribution in [1.82, 2.24) is 0 Å². The van der Waals surface area contributed by atoms with Gasteiger partial charge in [-0.2, -0.15) is 0 Å². The SMILES string of the molecule is Cc1cccc(C)c1C(=O)O.[Ag]. The molecule has 1 rings (SSSR count). The average molecular weight is 258 g/mol. The van der Waals surface area contributed by atoms with Crippen LogP contribution in [-0.2, 0) is 22.4 Å². The predicted octanol–water partition coefficient (Wildman–Crippen LogP) is 2.00. The van der Waals surface area contributed by atoms with Crippen molar-refractivity contribution >= 4 is 5.97 Å². The molecule has 1 N–H and O–H groups in total. The Bertz CT molecular complexity index is 274. The molecule has 0 aromatic heterocycles. The van der Waals surface area contributed by atoms with E-state index in [4.69, 9.17) is 5.11 Å². The number of carboxylic acid groups (broad SMARTS) is 1. The van der Waals surface area contributed by atoms with E-state index in [0.29, 0.717) is 5.56 Å². The molecule has 0 fully saturated rings. The molecule has 12 heavy (non-hydrogen) atoms. The zero-order valence-electron chi connectivity index (χ0n) is 6.89. The topological polar surface area (TPSA) is 37.3 Å². The normalized spacial score (nSPS) is 8.83. The first-order chi connectivity index (χ1) is 5.13. The van der Waals surface area contributed by atoms with Gasteiger partial charge in [-0.05, 0) is 25.0 Å². The Morgan fingerprint density at radius 2 is 1.67 bits per heavy atom. The monoisotopic (exact) mass is 257 g/mol. The van der Waals surface area contributed by atoms with Crippen LogP contribution in [-0.4, -0.2) is 11.1 Å². The molecule has 69 valence electrons. The molecule has 0 heterocycles. The molecular formula is C9H10AgO2. The minimum absolute atomic E-state index is 0. The van der Waals surface area contributed by atoms with Crippen LogP contribution in [0.15, 0.2) is 18.2 Å². The average Bonchev–Trinajstić information content (AvgIpc) is 1.85. The van der Waals surface area contributed by atoms with Crippen molar-refractivity contribution in [1.29, 1.82) is 0 Å². The van der Waals surface area contributed by atoms with E-state index in [2.05, 4.69) is 0 Å². The Morgan fingerprint density at radius 1 is 1.25 bits per heavy atom. The summed E-state index contributed by atoms with van der Waals surface area (Å²) in [7, 11) is 0. The van der Waals surface area contributed by atoms with Crippen LogP contribution in [0.25, 0.3) is 0 Å². The first-order valence-corrected chi connectivity index (χ1v) is 3.42. The first kappa shape index (κ1) is 11.4. The van der Waals surface area contributed by atoms with Crippen molar-refractivity contribution in [2.75, 3.05) is 0 Å². The Labute approximate surface area is 87.1 Å². The fourth-order valence-corrected chi connectivity index (χ4v) is 1.15. The molecule has 0 unspecified atom stereocenters. The number of carboxylic acids is 1. The molecule has 1 aromatic carbocycles. The zero-order valence-corrected chi connectivity index (χ0v) is 8.37. The van der Waals surface area contributed by atoms with Gasteiger partial charge in [0.05, 0.1) is 5.56 Å². The van der Waals surface area contributed by atoms with Crippen molar-refractivity contribution < 1.29 is 32.3 Å². The third kappa shape index (κ3) is 2.21. The van der Waals surface area contributed by atoms with Gasteiger partial charge in [0.15, 0.2) is 0 Å². The molecule has 0 aliphatic rings. The maximum absolute atomic E-state index is 10.6.